The molecule has 150 valence electrons. The summed E-state index contributed by atoms with van der Waals surface area (Å²) in [5.41, 5.74) is 3.63. The second-order valence-electron chi connectivity index (χ2n) is 7.57. The quantitative estimate of drug-likeness (QED) is 0.687. The predicted molar refractivity (Wildman–Crippen MR) is 116 cm³/mol. The highest BCUT2D eigenvalue weighted by Crippen LogP contribution is 2.17. The third kappa shape index (κ3) is 4.86. The van der Waals surface area contributed by atoms with Crippen molar-refractivity contribution in [3.8, 4) is 5.69 Å². The van der Waals surface area contributed by atoms with Crippen molar-refractivity contribution in [1.82, 2.24) is 20.0 Å². The number of amides is 1. The number of aryl methyl sites for hydroxylation is 1. The molecule has 2 aromatic carbocycles. The van der Waals surface area contributed by atoms with Gasteiger partial charge in [-0.3, -0.25) is 9.69 Å². The first-order valence-corrected chi connectivity index (χ1v) is 10.4. The summed E-state index contributed by atoms with van der Waals surface area (Å²) in [6.07, 6.45) is 1.88. The molecule has 1 aliphatic heterocycles. The third-order valence-electron chi connectivity index (χ3n) is 5.36. The van der Waals surface area contributed by atoms with Crippen LogP contribution in [0.4, 0.5) is 0 Å². The average Bonchev–Trinajstić information content (AvgIpc) is 3.14. The fraction of sp³-hybridized carbons (Fsp3) is 0.304. The first-order valence-electron chi connectivity index (χ1n) is 9.98. The minimum absolute atomic E-state index is 0.0982. The lowest BCUT2D eigenvalue weighted by atomic mass is 10.0. The van der Waals surface area contributed by atoms with Crippen LogP contribution in [0.25, 0.3) is 5.69 Å². The van der Waals surface area contributed by atoms with Gasteiger partial charge in [0.2, 0.25) is 0 Å². The van der Waals surface area contributed by atoms with Crippen molar-refractivity contribution in [3.05, 3.63) is 82.6 Å². The predicted octanol–water partition coefficient (Wildman–Crippen LogP) is 4.23. The minimum atomic E-state index is -0.0982. The van der Waals surface area contributed by atoms with Gasteiger partial charge in [-0.2, -0.15) is 5.10 Å². The maximum atomic E-state index is 12.7. The zero-order valence-electron chi connectivity index (χ0n) is 16.5. The van der Waals surface area contributed by atoms with Crippen LogP contribution in [0.2, 0.25) is 5.02 Å². The molecule has 5 nitrogen and oxygen atoms in total. The Hall–Kier alpha value is -2.63. The maximum absolute atomic E-state index is 12.7. The Labute approximate surface area is 176 Å². The molecule has 0 bridgehead atoms. The molecule has 1 aromatic heterocycles. The van der Waals surface area contributed by atoms with Crippen LogP contribution in [0.15, 0.2) is 60.7 Å². The van der Waals surface area contributed by atoms with Crippen LogP contribution in [0.1, 0.15) is 34.6 Å². The van der Waals surface area contributed by atoms with Gasteiger partial charge in [-0.15, -0.1) is 0 Å². The van der Waals surface area contributed by atoms with Crippen LogP contribution in [-0.4, -0.2) is 39.7 Å². The van der Waals surface area contributed by atoms with Gasteiger partial charge in [0.15, 0.2) is 5.69 Å². The lowest BCUT2D eigenvalue weighted by Crippen LogP contribution is -2.44. The summed E-state index contributed by atoms with van der Waals surface area (Å²) in [7, 11) is 0. The number of benzene rings is 2. The van der Waals surface area contributed by atoms with Crippen molar-refractivity contribution in [2.75, 3.05) is 13.1 Å². The van der Waals surface area contributed by atoms with Crippen molar-refractivity contribution >= 4 is 17.5 Å². The summed E-state index contributed by atoms with van der Waals surface area (Å²) in [6.45, 7) is 4.81. The van der Waals surface area contributed by atoms with E-state index in [9.17, 15) is 4.79 Å². The number of carbonyl (C=O) groups excluding carboxylic acids is 1. The van der Waals surface area contributed by atoms with Crippen LogP contribution in [0.3, 0.4) is 0 Å². The summed E-state index contributed by atoms with van der Waals surface area (Å²) in [6, 6.07) is 19.9. The molecule has 3 aromatic rings. The van der Waals surface area contributed by atoms with Gasteiger partial charge in [0.25, 0.3) is 5.91 Å². The zero-order chi connectivity index (χ0) is 20.2. The first-order chi connectivity index (χ1) is 14.1. The Bertz CT molecular complexity index is 960. The van der Waals surface area contributed by atoms with Gasteiger partial charge in [0.1, 0.15) is 0 Å². The normalized spacial score (nSPS) is 15.4. The van der Waals surface area contributed by atoms with Crippen LogP contribution in [0, 0.1) is 6.92 Å². The van der Waals surface area contributed by atoms with E-state index in [1.165, 1.54) is 5.56 Å². The number of halogens is 1. The van der Waals surface area contributed by atoms with E-state index in [1.54, 1.807) is 0 Å². The van der Waals surface area contributed by atoms with Gasteiger partial charge in [-0.05, 0) is 55.7 Å². The number of rotatable bonds is 5. The van der Waals surface area contributed by atoms with Crippen LogP contribution >= 0.6 is 11.6 Å². The molecule has 0 aliphatic carbocycles. The third-order valence-corrected chi connectivity index (χ3v) is 5.62. The van der Waals surface area contributed by atoms with E-state index in [0.717, 1.165) is 48.9 Å². The summed E-state index contributed by atoms with van der Waals surface area (Å²) in [4.78, 5) is 15.1. The molecule has 0 spiro atoms. The fourth-order valence-electron chi connectivity index (χ4n) is 3.76. The minimum Gasteiger partial charge on any atom is -0.348 e. The Balaban J connectivity index is 1.31. The van der Waals surface area contributed by atoms with Gasteiger partial charge in [-0.1, -0.05) is 41.9 Å². The van der Waals surface area contributed by atoms with E-state index in [-0.39, 0.29) is 11.9 Å². The van der Waals surface area contributed by atoms with E-state index >= 15 is 0 Å². The lowest BCUT2D eigenvalue weighted by molar-refractivity contribution is 0.0903. The van der Waals surface area contributed by atoms with Crippen LogP contribution in [-0.2, 0) is 6.54 Å². The van der Waals surface area contributed by atoms with Crippen molar-refractivity contribution in [2.24, 2.45) is 0 Å². The van der Waals surface area contributed by atoms with Gasteiger partial charge >= 0.3 is 0 Å². The van der Waals surface area contributed by atoms with E-state index in [1.807, 2.05) is 60.1 Å². The second kappa shape index (κ2) is 8.80. The number of nitrogens with zero attached hydrogens (tertiary/aromatic N) is 3. The lowest BCUT2D eigenvalue weighted by Gasteiger charge is -2.32. The molecule has 0 atom stereocenters. The van der Waals surface area contributed by atoms with E-state index < -0.39 is 0 Å². The number of hydrogen-bond acceptors (Lipinski definition) is 3. The Morgan fingerprint density at radius 2 is 1.79 bits per heavy atom. The number of carbonyl (C=O) groups is 1. The smallest absolute Gasteiger partial charge is 0.272 e. The van der Waals surface area contributed by atoms with Gasteiger partial charge in [0, 0.05) is 36.4 Å². The SMILES string of the molecule is Cc1cc(C(=O)NC2CCN(Cc3ccc(Cl)cc3)CC2)nn1-c1ccccc1. The molecule has 0 radical (unpaired) electrons. The largest absolute Gasteiger partial charge is 0.348 e. The van der Waals surface area contributed by atoms with Crippen molar-refractivity contribution in [2.45, 2.75) is 32.4 Å². The number of aromatic nitrogens is 2. The Morgan fingerprint density at radius 3 is 2.48 bits per heavy atom. The average molecular weight is 409 g/mol. The van der Waals surface area contributed by atoms with Crippen LogP contribution in [0.5, 0.6) is 0 Å². The molecule has 1 fully saturated rings. The van der Waals surface area contributed by atoms with Crippen molar-refractivity contribution in [1.29, 1.82) is 0 Å². The molecule has 1 aliphatic rings. The highest BCUT2D eigenvalue weighted by Gasteiger charge is 2.22. The molecule has 1 N–H and O–H groups in total. The van der Waals surface area contributed by atoms with E-state index in [2.05, 4.69) is 27.4 Å². The Kier molecular flexibility index (Phi) is 5.97. The summed E-state index contributed by atoms with van der Waals surface area (Å²) in [5, 5.41) is 8.43. The number of piperidine rings is 1. The molecule has 0 unspecified atom stereocenters. The summed E-state index contributed by atoms with van der Waals surface area (Å²) < 4.78 is 1.81. The van der Waals surface area contributed by atoms with E-state index in [0.29, 0.717) is 5.69 Å². The van der Waals surface area contributed by atoms with E-state index in [4.69, 9.17) is 11.6 Å². The van der Waals surface area contributed by atoms with Gasteiger partial charge in [0.05, 0.1) is 5.69 Å². The summed E-state index contributed by atoms with van der Waals surface area (Å²) >= 11 is 5.96. The highest BCUT2D eigenvalue weighted by molar-refractivity contribution is 6.30. The second-order valence-corrected chi connectivity index (χ2v) is 8.01. The van der Waals surface area contributed by atoms with Gasteiger partial charge in [-0.25, -0.2) is 4.68 Å². The Morgan fingerprint density at radius 1 is 1.10 bits per heavy atom. The number of likely N-dealkylation sites (tertiary alicyclic amines) is 1. The molecular formula is C23H25ClN4O. The molecule has 1 saturated heterocycles. The standard InChI is InChI=1S/C23H25ClN4O/c1-17-15-22(26-28(17)21-5-3-2-4-6-21)23(29)25-20-11-13-27(14-12-20)16-18-7-9-19(24)10-8-18/h2-10,15,20H,11-14,16H2,1H3,(H,25,29). The monoisotopic (exact) mass is 408 g/mol. The zero-order valence-corrected chi connectivity index (χ0v) is 17.3. The topological polar surface area (TPSA) is 50.2 Å². The maximum Gasteiger partial charge on any atom is 0.272 e. The summed E-state index contributed by atoms with van der Waals surface area (Å²) in [5.74, 6) is -0.0982. The molecule has 0 saturated carbocycles. The van der Waals surface area contributed by atoms with Crippen molar-refractivity contribution < 1.29 is 4.79 Å². The highest BCUT2D eigenvalue weighted by atomic mass is 35.5. The first kappa shape index (κ1) is 19.7. The van der Waals surface area contributed by atoms with Crippen LogP contribution < -0.4 is 5.32 Å². The number of nitrogens with one attached hydrogen (secondary N) is 1. The fourth-order valence-corrected chi connectivity index (χ4v) is 3.88. The molecule has 29 heavy (non-hydrogen) atoms. The molecule has 1 amide bonds. The molecule has 4 rings (SSSR count). The molecule has 2 heterocycles. The number of hydrogen-bond donors (Lipinski definition) is 1. The number of para-hydroxylation sites is 1. The van der Waals surface area contributed by atoms with Gasteiger partial charge < -0.3 is 5.32 Å². The molecular weight excluding hydrogens is 384 g/mol. The molecule has 6 heteroatoms. The van der Waals surface area contributed by atoms with Crippen molar-refractivity contribution in [3.63, 3.8) is 0 Å².